The number of nitrogens with two attached hydrogens (primary N) is 3. The summed E-state index contributed by atoms with van der Waals surface area (Å²) < 4.78 is 52.1. The van der Waals surface area contributed by atoms with Crippen LogP contribution in [0.5, 0.6) is 0 Å². The van der Waals surface area contributed by atoms with E-state index >= 15 is 0 Å². The molecule has 51 heavy (non-hydrogen) atoms. The molecular formula is C27H45N9O14P+. The number of nitrogens with zero attached hydrogens (tertiary/aromatic N) is 4. The van der Waals surface area contributed by atoms with E-state index in [0.29, 0.717) is 13.2 Å². The van der Waals surface area contributed by atoms with Gasteiger partial charge in [-0.25, -0.2) is 4.98 Å². The molecule has 2 fully saturated rings. The van der Waals surface area contributed by atoms with E-state index in [4.69, 9.17) is 50.1 Å². The normalized spacial score (nSPS) is 28.6. The molecule has 2 aliphatic heterocycles. The van der Waals surface area contributed by atoms with Gasteiger partial charge in [-0.15, -0.1) is 9.42 Å². The largest absolute Gasteiger partial charge is 0.695 e. The number of nitrogens with one attached hydrogen (secondary N) is 2. The van der Waals surface area contributed by atoms with E-state index in [1.807, 2.05) is 0 Å². The Morgan fingerprint density at radius 3 is 2.41 bits per heavy atom. The maximum Gasteiger partial charge on any atom is 0.695 e. The van der Waals surface area contributed by atoms with Gasteiger partial charge in [0, 0.05) is 24.2 Å². The molecule has 0 bridgehead atoms. The Balaban J connectivity index is 1.17. The molecule has 2 aromatic rings. The number of aliphatic hydroxyl groups excluding tert-OH is 4. The van der Waals surface area contributed by atoms with E-state index in [1.165, 1.54) is 24.0 Å². The standard InChI is InChI=1S/C27H44N9O14P/c1-13(39)33-17-20(41)19(40)15(9-37)49-26(17)46-7-6-45-5-4-44-3-2-31-8-14(28)11-47-22-21(50-51(42)43)16(10-38)48-25(22)36-12-32-18-23(29)34-27(30)35-24(18)36/h8,12,15-17,19-22,25-26,31,37-38,40-41H,2-7,9-11,28H2,1H3,(H5-,29,30,33,34,35,39,42,43)/p+1/b14-8-/t15?,16-,17?,19?,20?,21+,22?,25-,26?/m1/s1. The van der Waals surface area contributed by atoms with Crippen LogP contribution in [0.4, 0.5) is 11.8 Å². The van der Waals surface area contributed by atoms with E-state index in [2.05, 4.69) is 25.6 Å². The summed E-state index contributed by atoms with van der Waals surface area (Å²) in [7, 11) is -3.09. The summed E-state index contributed by atoms with van der Waals surface area (Å²) >= 11 is 0. The van der Waals surface area contributed by atoms with Crippen molar-refractivity contribution in [3.8, 4) is 0 Å². The van der Waals surface area contributed by atoms with Crippen LogP contribution in [-0.4, -0.2) is 159 Å². The van der Waals surface area contributed by atoms with Gasteiger partial charge in [0.15, 0.2) is 30.1 Å². The molecule has 4 heterocycles. The molecular weight excluding hydrogens is 705 g/mol. The Morgan fingerprint density at radius 1 is 1.02 bits per heavy atom. The molecule has 4 rings (SSSR count). The van der Waals surface area contributed by atoms with Crippen LogP contribution in [-0.2, 0) is 42.3 Å². The second-order valence-electron chi connectivity index (χ2n) is 11.3. The number of carbonyl (C=O) groups is 1. The van der Waals surface area contributed by atoms with Gasteiger partial charge in [-0.2, -0.15) is 9.97 Å². The van der Waals surface area contributed by atoms with Crippen LogP contribution in [0.25, 0.3) is 11.2 Å². The number of hydrogen-bond donors (Lipinski definition) is 10. The van der Waals surface area contributed by atoms with E-state index in [9.17, 15) is 34.7 Å². The molecule has 1 amide bonds. The van der Waals surface area contributed by atoms with Crippen LogP contribution in [0.15, 0.2) is 18.2 Å². The minimum Gasteiger partial charge on any atom is -0.399 e. The van der Waals surface area contributed by atoms with Crippen molar-refractivity contribution >= 4 is 37.1 Å². The summed E-state index contributed by atoms with van der Waals surface area (Å²) in [6, 6.07) is -1.04. The lowest BCUT2D eigenvalue weighted by Gasteiger charge is -2.42. The van der Waals surface area contributed by atoms with Gasteiger partial charge in [0.1, 0.15) is 42.1 Å². The topological polar surface area (TPSA) is 346 Å². The molecule has 2 aromatic heterocycles. The molecule has 0 aromatic carbocycles. The lowest BCUT2D eigenvalue weighted by Crippen LogP contribution is -2.64. The third-order valence-corrected chi connectivity index (χ3v) is 8.09. The van der Waals surface area contributed by atoms with Crippen molar-refractivity contribution in [2.45, 2.75) is 62.1 Å². The number of aromatic nitrogens is 4. The van der Waals surface area contributed by atoms with Crippen molar-refractivity contribution < 1.29 is 67.6 Å². The van der Waals surface area contributed by atoms with Crippen LogP contribution in [0.1, 0.15) is 13.2 Å². The van der Waals surface area contributed by atoms with Crippen LogP contribution in [0, 0.1) is 0 Å². The first-order valence-corrected chi connectivity index (χ1v) is 16.9. The molecule has 2 saturated heterocycles. The molecule has 7 unspecified atom stereocenters. The first kappa shape index (κ1) is 40.4. The lowest BCUT2D eigenvalue weighted by atomic mass is 9.97. The fourth-order valence-corrected chi connectivity index (χ4v) is 5.82. The molecule has 0 saturated carbocycles. The molecule has 10 atom stereocenters. The fraction of sp³-hybridized carbons (Fsp3) is 0.704. The van der Waals surface area contributed by atoms with Gasteiger partial charge in [0.25, 0.3) is 0 Å². The third-order valence-electron chi connectivity index (χ3n) is 7.67. The van der Waals surface area contributed by atoms with Crippen molar-refractivity contribution in [3.05, 3.63) is 18.2 Å². The van der Waals surface area contributed by atoms with Crippen molar-refractivity contribution in [2.24, 2.45) is 5.73 Å². The van der Waals surface area contributed by atoms with Gasteiger partial charge >= 0.3 is 8.25 Å². The summed E-state index contributed by atoms with van der Waals surface area (Å²) in [5, 5.41) is 45.1. The Morgan fingerprint density at radius 2 is 1.73 bits per heavy atom. The highest BCUT2D eigenvalue weighted by atomic mass is 31.1. The monoisotopic (exact) mass is 750 g/mol. The molecule has 13 N–H and O–H groups in total. The molecule has 0 radical (unpaired) electrons. The summed E-state index contributed by atoms with van der Waals surface area (Å²) in [6.07, 6.45) is -6.47. The predicted molar refractivity (Wildman–Crippen MR) is 173 cm³/mol. The Bertz CT molecular complexity index is 1470. The smallest absolute Gasteiger partial charge is 0.399 e. The zero-order valence-electron chi connectivity index (χ0n) is 27.6. The van der Waals surface area contributed by atoms with Crippen molar-refractivity contribution in [1.82, 2.24) is 30.2 Å². The fourth-order valence-electron chi connectivity index (χ4n) is 5.36. The van der Waals surface area contributed by atoms with Crippen LogP contribution < -0.4 is 27.8 Å². The number of fused-ring (bicyclic) bond motifs is 1. The molecule has 2 aliphatic rings. The zero-order chi connectivity index (χ0) is 37.1. The second-order valence-corrected chi connectivity index (χ2v) is 12.0. The number of ether oxygens (including phenoxy) is 6. The SMILES string of the molecule is CC(=O)NC1C(OCCOCCOCCN/C=C(\N)COC2[C@@H](O[P+](=O)O)[C@@H](CO)O[C@H]2n2cnc3c(N)nc(N)nc32)OC(CO)C(O)C1O. The summed E-state index contributed by atoms with van der Waals surface area (Å²) in [4.78, 5) is 33.2. The van der Waals surface area contributed by atoms with Crippen molar-refractivity contribution in [1.29, 1.82) is 0 Å². The highest BCUT2D eigenvalue weighted by molar-refractivity contribution is 7.32. The van der Waals surface area contributed by atoms with E-state index in [-0.39, 0.29) is 61.7 Å². The lowest BCUT2D eigenvalue weighted by molar-refractivity contribution is -0.272. The molecule has 0 aliphatic carbocycles. The number of anilines is 2. The first-order chi connectivity index (χ1) is 24.4. The van der Waals surface area contributed by atoms with E-state index < -0.39 is 82.6 Å². The van der Waals surface area contributed by atoms with E-state index in [0.717, 1.165) is 0 Å². The van der Waals surface area contributed by atoms with Gasteiger partial charge in [0.05, 0.1) is 64.9 Å². The molecule has 286 valence electrons. The van der Waals surface area contributed by atoms with Crippen LogP contribution in [0.3, 0.4) is 0 Å². The highest BCUT2D eigenvalue weighted by Gasteiger charge is 2.52. The first-order valence-electron chi connectivity index (χ1n) is 15.8. The van der Waals surface area contributed by atoms with E-state index in [1.54, 1.807) is 0 Å². The molecule has 0 spiro atoms. The zero-order valence-corrected chi connectivity index (χ0v) is 28.5. The van der Waals surface area contributed by atoms with Gasteiger partial charge in [-0.05, 0) is 0 Å². The number of carbonyl (C=O) groups excluding carboxylic acids is 1. The molecule has 24 heteroatoms. The maximum absolute atomic E-state index is 11.6. The van der Waals surface area contributed by atoms with Gasteiger partial charge in [-0.3, -0.25) is 9.36 Å². The van der Waals surface area contributed by atoms with Gasteiger partial charge in [-0.1, -0.05) is 0 Å². The van der Waals surface area contributed by atoms with Crippen LogP contribution >= 0.6 is 8.25 Å². The highest BCUT2D eigenvalue weighted by Crippen LogP contribution is 2.39. The minimum absolute atomic E-state index is 0.0310. The number of imidazole rings is 1. The van der Waals surface area contributed by atoms with Crippen molar-refractivity contribution in [3.63, 3.8) is 0 Å². The Hall–Kier alpha value is -3.42. The van der Waals surface area contributed by atoms with Gasteiger partial charge < -0.3 is 76.7 Å². The van der Waals surface area contributed by atoms with Gasteiger partial charge in [0.2, 0.25) is 11.9 Å². The predicted octanol–water partition coefficient (Wildman–Crippen LogP) is -4.32. The number of rotatable bonds is 20. The summed E-state index contributed by atoms with van der Waals surface area (Å²) in [6.45, 7) is 1.29. The Labute approximate surface area is 291 Å². The second kappa shape index (κ2) is 19.4. The summed E-state index contributed by atoms with van der Waals surface area (Å²) in [5.41, 5.74) is 18.5. The quantitative estimate of drug-likeness (QED) is 0.0452. The number of nitrogen functional groups attached to an aromatic ring is 2. The third kappa shape index (κ3) is 10.8. The number of amides is 1. The maximum atomic E-state index is 11.6. The van der Waals surface area contributed by atoms with Crippen LogP contribution in [0.2, 0.25) is 0 Å². The summed E-state index contributed by atoms with van der Waals surface area (Å²) in [5.74, 6) is -0.542. The molecule has 23 nitrogen and oxygen atoms in total. The Kier molecular flexibility index (Phi) is 15.4. The minimum atomic E-state index is -3.09. The average molecular weight is 751 g/mol. The average Bonchev–Trinajstić information content (AvgIpc) is 3.65. The number of aliphatic hydroxyl groups is 4. The van der Waals surface area contributed by atoms with Crippen molar-refractivity contribution in [2.75, 3.05) is 70.9 Å². The number of hydrogen-bond acceptors (Lipinski definition) is 20.